The minimum Gasteiger partial charge on any atom is -0.490 e. The van der Waals surface area contributed by atoms with E-state index in [4.69, 9.17) is 9.84 Å². The predicted octanol–water partition coefficient (Wildman–Crippen LogP) is 2.70. The maximum absolute atomic E-state index is 12.9. The Morgan fingerprint density at radius 3 is 2.80 bits per heavy atom. The van der Waals surface area contributed by atoms with Crippen molar-refractivity contribution >= 4 is 5.97 Å². The highest BCUT2D eigenvalue weighted by molar-refractivity contribution is 5.90. The summed E-state index contributed by atoms with van der Waals surface area (Å²) in [5.41, 5.74) is -0.0169. The molecule has 0 amide bonds. The molecule has 0 bridgehead atoms. The first-order valence-corrected chi connectivity index (χ1v) is 4.74. The van der Waals surface area contributed by atoms with Gasteiger partial charge in [0.05, 0.1) is 6.10 Å². The summed E-state index contributed by atoms with van der Waals surface area (Å²) in [6, 6.07) is 3.40. The maximum atomic E-state index is 12.9. The van der Waals surface area contributed by atoms with Crippen LogP contribution in [0.3, 0.4) is 0 Å². The average Bonchev–Trinajstić information content (AvgIpc) is 2.17. The van der Waals surface area contributed by atoms with Crippen LogP contribution < -0.4 is 4.74 Å². The summed E-state index contributed by atoms with van der Waals surface area (Å²) >= 11 is 0. The molecule has 1 aromatic rings. The molecule has 0 saturated carbocycles. The van der Waals surface area contributed by atoms with Crippen molar-refractivity contribution in [1.82, 2.24) is 0 Å². The van der Waals surface area contributed by atoms with E-state index < -0.39 is 11.8 Å². The molecule has 1 aromatic carbocycles. The van der Waals surface area contributed by atoms with E-state index in [1.54, 1.807) is 6.92 Å². The number of halogens is 1. The highest BCUT2D eigenvalue weighted by Gasteiger charge is 2.13. The van der Waals surface area contributed by atoms with Crippen LogP contribution in [0.25, 0.3) is 0 Å². The second-order valence-corrected chi connectivity index (χ2v) is 3.28. The number of carboxylic acids is 1. The molecule has 0 spiro atoms. The molecule has 0 aliphatic heterocycles. The van der Waals surface area contributed by atoms with Gasteiger partial charge in [0.25, 0.3) is 0 Å². The Labute approximate surface area is 87.5 Å². The van der Waals surface area contributed by atoms with E-state index in [1.807, 2.05) is 6.92 Å². The highest BCUT2D eigenvalue weighted by Crippen LogP contribution is 2.21. The molecule has 1 N–H and O–H groups in total. The van der Waals surface area contributed by atoms with Gasteiger partial charge in [-0.2, -0.15) is 0 Å². The van der Waals surface area contributed by atoms with Gasteiger partial charge >= 0.3 is 5.97 Å². The number of benzene rings is 1. The SMILES string of the molecule is CCC(C)Oc1cc(F)ccc1C(=O)O. The molecule has 0 aromatic heterocycles. The second-order valence-electron chi connectivity index (χ2n) is 3.28. The van der Waals surface area contributed by atoms with Gasteiger partial charge in [0.2, 0.25) is 0 Å². The third kappa shape index (κ3) is 2.94. The summed E-state index contributed by atoms with van der Waals surface area (Å²) in [5, 5.41) is 8.84. The molecule has 0 radical (unpaired) electrons. The van der Waals surface area contributed by atoms with Crippen LogP contribution in [0.2, 0.25) is 0 Å². The van der Waals surface area contributed by atoms with E-state index in [1.165, 1.54) is 6.07 Å². The van der Waals surface area contributed by atoms with Gasteiger partial charge in [-0.05, 0) is 25.5 Å². The highest BCUT2D eigenvalue weighted by atomic mass is 19.1. The summed E-state index contributed by atoms with van der Waals surface area (Å²) < 4.78 is 18.2. The van der Waals surface area contributed by atoms with Crippen LogP contribution in [0.5, 0.6) is 5.75 Å². The first-order valence-electron chi connectivity index (χ1n) is 4.74. The molecule has 1 atom stereocenters. The van der Waals surface area contributed by atoms with Gasteiger partial charge in [-0.1, -0.05) is 6.92 Å². The van der Waals surface area contributed by atoms with E-state index >= 15 is 0 Å². The van der Waals surface area contributed by atoms with Crippen molar-refractivity contribution in [2.45, 2.75) is 26.4 Å². The third-order valence-corrected chi connectivity index (χ3v) is 2.08. The quantitative estimate of drug-likeness (QED) is 0.834. The van der Waals surface area contributed by atoms with Crippen molar-refractivity contribution < 1.29 is 19.0 Å². The van der Waals surface area contributed by atoms with Crippen LogP contribution in [0.1, 0.15) is 30.6 Å². The number of aromatic carboxylic acids is 1. The molecule has 0 aliphatic rings. The fourth-order valence-electron chi connectivity index (χ4n) is 1.07. The fraction of sp³-hybridized carbons (Fsp3) is 0.364. The summed E-state index contributed by atoms with van der Waals surface area (Å²) in [6.45, 7) is 3.71. The van der Waals surface area contributed by atoms with E-state index in [9.17, 15) is 9.18 Å². The molecule has 0 fully saturated rings. The van der Waals surface area contributed by atoms with Crippen molar-refractivity contribution in [3.63, 3.8) is 0 Å². The Bertz CT molecular complexity index is 363. The van der Waals surface area contributed by atoms with Gasteiger partial charge in [0, 0.05) is 6.07 Å². The molecular formula is C11H13FO3. The molecule has 0 heterocycles. The monoisotopic (exact) mass is 212 g/mol. The lowest BCUT2D eigenvalue weighted by molar-refractivity contribution is 0.0689. The summed E-state index contributed by atoms with van der Waals surface area (Å²) in [4.78, 5) is 10.8. The van der Waals surface area contributed by atoms with E-state index in [-0.39, 0.29) is 17.4 Å². The number of hydrogen-bond acceptors (Lipinski definition) is 2. The number of rotatable bonds is 4. The van der Waals surface area contributed by atoms with Gasteiger partial charge < -0.3 is 9.84 Å². The first-order chi connectivity index (χ1) is 7.04. The van der Waals surface area contributed by atoms with Gasteiger partial charge in [-0.3, -0.25) is 0 Å². The van der Waals surface area contributed by atoms with Crippen LogP contribution in [0.4, 0.5) is 4.39 Å². The smallest absolute Gasteiger partial charge is 0.339 e. The van der Waals surface area contributed by atoms with Crippen LogP contribution >= 0.6 is 0 Å². The minimum absolute atomic E-state index is 0.0169. The van der Waals surface area contributed by atoms with Crippen molar-refractivity contribution in [3.05, 3.63) is 29.6 Å². The molecule has 82 valence electrons. The van der Waals surface area contributed by atoms with E-state index in [2.05, 4.69) is 0 Å². The molecule has 3 nitrogen and oxygen atoms in total. The van der Waals surface area contributed by atoms with Crippen LogP contribution in [0.15, 0.2) is 18.2 Å². The standard InChI is InChI=1S/C11H13FO3/c1-3-7(2)15-10-6-8(12)4-5-9(10)11(13)14/h4-7H,3H2,1-2H3,(H,13,14). The lowest BCUT2D eigenvalue weighted by Crippen LogP contribution is -2.12. The normalized spacial score (nSPS) is 12.2. The Morgan fingerprint density at radius 2 is 2.27 bits per heavy atom. The van der Waals surface area contributed by atoms with Crippen LogP contribution in [0, 0.1) is 5.82 Å². The molecule has 1 unspecified atom stereocenters. The van der Waals surface area contributed by atoms with Crippen molar-refractivity contribution in [1.29, 1.82) is 0 Å². The third-order valence-electron chi connectivity index (χ3n) is 2.08. The summed E-state index contributed by atoms with van der Waals surface area (Å²) in [7, 11) is 0. The number of carbonyl (C=O) groups is 1. The number of carboxylic acid groups (broad SMARTS) is 1. The Morgan fingerprint density at radius 1 is 1.60 bits per heavy atom. The van der Waals surface area contributed by atoms with Gasteiger partial charge in [0.1, 0.15) is 17.1 Å². The molecule has 1 rings (SSSR count). The number of ether oxygens (including phenoxy) is 1. The molecule has 0 aliphatic carbocycles. The average molecular weight is 212 g/mol. The zero-order valence-corrected chi connectivity index (χ0v) is 8.66. The predicted molar refractivity (Wildman–Crippen MR) is 53.7 cm³/mol. The van der Waals surface area contributed by atoms with Crippen LogP contribution in [-0.2, 0) is 0 Å². The first kappa shape index (κ1) is 11.5. The lowest BCUT2D eigenvalue weighted by atomic mass is 10.2. The van der Waals surface area contributed by atoms with Gasteiger partial charge in [0.15, 0.2) is 0 Å². The molecule has 4 heteroatoms. The Balaban J connectivity index is 3.02. The van der Waals surface area contributed by atoms with Gasteiger partial charge in [-0.25, -0.2) is 9.18 Å². The van der Waals surface area contributed by atoms with Crippen LogP contribution in [-0.4, -0.2) is 17.2 Å². The summed E-state index contributed by atoms with van der Waals surface area (Å²) in [6.07, 6.45) is 0.597. The van der Waals surface area contributed by atoms with E-state index in [0.29, 0.717) is 0 Å². The number of hydrogen-bond donors (Lipinski definition) is 1. The zero-order valence-electron chi connectivity index (χ0n) is 8.66. The molecular weight excluding hydrogens is 199 g/mol. The lowest BCUT2D eigenvalue weighted by Gasteiger charge is -2.14. The topological polar surface area (TPSA) is 46.5 Å². The summed E-state index contributed by atoms with van der Waals surface area (Å²) in [5.74, 6) is -1.54. The van der Waals surface area contributed by atoms with Crippen molar-refractivity contribution in [2.75, 3.05) is 0 Å². The van der Waals surface area contributed by atoms with E-state index in [0.717, 1.165) is 18.6 Å². The minimum atomic E-state index is -1.12. The second kappa shape index (κ2) is 4.77. The Kier molecular flexibility index (Phi) is 3.66. The van der Waals surface area contributed by atoms with Crippen molar-refractivity contribution in [3.8, 4) is 5.75 Å². The largest absolute Gasteiger partial charge is 0.490 e. The fourth-order valence-corrected chi connectivity index (χ4v) is 1.07. The maximum Gasteiger partial charge on any atom is 0.339 e. The molecule has 0 saturated heterocycles. The van der Waals surface area contributed by atoms with Gasteiger partial charge in [-0.15, -0.1) is 0 Å². The Hall–Kier alpha value is -1.58. The molecule has 15 heavy (non-hydrogen) atoms. The van der Waals surface area contributed by atoms with Crippen molar-refractivity contribution in [2.24, 2.45) is 0 Å². The zero-order chi connectivity index (χ0) is 11.4.